The van der Waals surface area contributed by atoms with E-state index in [-0.39, 0.29) is 11.8 Å². The summed E-state index contributed by atoms with van der Waals surface area (Å²) < 4.78 is 13.3. The average Bonchev–Trinajstić information content (AvgIpc) is 2.42. The highest BCUT2D eigenvalue weighted by Gasteiger charge is 2.07. The lowest BCUT2D eigenvalue weighted by Crippen LogP contribution is -2.40. The van der Waals surface area contributed by atoms with Crippen molar-refractivity contribution in [2.75, 3.05) is 19.6 Å². The molecule has 0 atom stereocenters. The SMILES string of the molecule is CCN(CC)C(=O)NCCCCc1ccccc1F. The molecule has 0 fully saturated rings. The van der Waals surface area contributed by atoms with Crippen molar-refractivity contribution in [1.82, 2.24) is 10.2 Å². The molecule has 2 amide bonds. The lowest BCUT2D eigenvalue weighted by atomic mass is 10.1. The molecule has 0 aliphatic heterocycles. The van der Waals surface area contributed by atoms with E-state index in [9.17, 15) is 9.18 Å². The van der Waals surface area contributed by atoms with Crippen LogP contribution in [-0.4, -0.2) is 30.6 Å². The summed E-state index contributed by atoms with van der Waals surface area (Å²) >= 11 is 0. The second kappa shape index (κ2) is 8.51. The molecule has 1 rings (SSSR count). The van der Waals surface area contributed by atoms with Crippen molar-refractivity contribution in [2.24, 2.45) is 0 Å². The summed E-state index contributed by atoms with van der Waals surface area (Å²) in [5.41, 5.74) is 0.748. The molecule has 0 aliphatic carbocycles. The quantitative estimate of drug-likeness (QED) is 0.755. The third-order valence-corrected chi connectivity index (χ3v) is 3.16. The van der Waals surface area contributed by atoms with Gasteiger partial charge in [-0.15, -0.1) is 0 Å². The van der Waals surface area contributed by atoms with Crippen LogP contribution in [0.2, 0.25) is 0 Å². The molecule has 0 heterocycles. The maximum Gasteiger partial charge on any atom is 0.317 e. The molecular weight excluding hydrogens is 243 g/mol. The number of rotatable bonds is 7. The van der Waals surface area contributed by atoms with E-state index in [1.807, 2.05) is 26.0 Å². The first-order valence-electron chi connectivity index (χ1n) is 6.95. The fourth-order valence-electron chi connectivity index (χ4n) is 1.96. The van der Waals surface area contributed by atoms with Crippen molar-refractivity contribution in [1.29, 1.82) is 0 Å². The molecule has 0 bridgehead atoms. The predicted molar refractivity (Wildman–Crippen MR) is 75.7 cm³/mol. The Morgan fingerprint density at radius 3 is 2.53 bits per heavy atom. The van der Waals surface area contributed by atoms with Crippen molar-refractivity contribution in [3.63, 3.8) is 0 Å². The van der Waals surface area contributed by atoms with Crippen molar-refractivity contribution in [3.05, 3.63) is 35.6 Å². The summed E-state index contributed by atoms with van der Waals surface area (Å²) in [6, 6.07) is 6.82. The Bertz CT molecular complexity index is 391. The molecule has 106 valence electrons. The van der Waals surface area contributed by atoms with Gasteiger partial charge in [-0.05, 0) is 44.7 Å². The molecule has 4 heteroatoms. The van der Waals surface area contributed by atoms with E-state index in [0.29, 0.717) is 13.0 Å². The van der Waals surface area contributed by atoms with Gasteiger partial charge in [0, 0.05) is 19.6 Å². The highest BCUT2D eigenvalue weighted by molar-refractivity contribution is 5.73. The van der Waals surface area contributed by atoms with E-state index in [4.69, 9.17) is 0 Å². The summed E-state index contributed by atoms with van der Waals surface area (Å²) in [5, 5.41) is 2.88. The van der Waals surface area contributed by atoms with Gasteiger partial charge < -0.3 is 10.2 Å². The number of unbranched alkanes of at least 4 members (excludes halogenated alkanes) is 1. The summed E-state index contributed by atoms with van der Waals surface area (Å²) in [5.74, 6) is -0.144. The maximum absolute atomic E-state index is 13.3. The minimum absolute atomic E-state index is 0.0177. The van der Waals surface area contributed by atoms with Gasteiger partial charge in [-0.1, -0.05) is 18.2 Å². The molecule has 1 aromatic rings. The monoisotopic (exact) mass is 266 g/mol. The standard InChI is InChI=1S/C15H23FN2O/c1-3-18(4-2)15(19)17-12-8-7-10-13-9-5-6-11-14(13)16/h5-6,9,11H,3-4,7-8,10,12H2,1-2H3,(H,17,19). The molecule has 0 saturated carbocycles. The third kappa shape index (κ3) is 5.28. The summed E-state index contributed by atoms with van der Waals surface area (Å²) in [6.07, 6.45) is 2.45. The van der Waals surface area contributed by atoms with Gasteiger partial charge >= 0.3 is 6.03 Å². The van der Waals surface area contributed by atoms with E-state index in [1.165, 1.54) is 6.07 Å². The Morgan fingerprint density at radius 1 is 1.21 bits per heavy atom. The van der Waals surface area contributed by atoms with Crippen LogP contribution in [0.5, 0.6) is 0 Å². The molecule has 3 nitrogen and oxygen atoms in total. The number of halogens is 1. The van der Waals surface area contributed by atoms with Gasteiger partial charge in [-0.2, -0.15) is 0 Å². The number of carbonyl (C=O) groups is 1. The van der Waals surface area contributed by atoms with Crippen LogP contribution in [0.3, 0.4) is 0 Å². The third-order valence-electron chi connectivity index (χ3n) is 3.16. The van der Waals surface area contributed by atoms with E-state index in [2.05, 4.69) is 5.32 Å². The fraction of sp³-hybridized carbons (Fsp3) is 0.533. The minimum atomic E-state index is -0.144. The lowest BCUT2D eigenvalue weighted by molar-refractivity contribution is 0.203. The first kappa shape index (κ1) is 15.5. The molecule has 0 spiro atoms. The zero-order valence-electron chi connectivity index (χ0n) is 11.8. The van der Waals surface area contributed by atoms with E-state index in [0.717, 1.165) is 31.5 Å². The summed E-state index contributed by atoms with van der Waals surface area (Å²) in [6.45, 7) is 6.00. The van der Waals surface area contributed by atoms with Gasteiger partial charge in [0.05, 0.1) is 0 Å². The number of amides is 2. The molecule has 1 N–H and O–H groups in total. The van der Waals surface area contributed by atoms with Gasteiger partial charge in [0.1, 0.15) is 5.82 Å². The number of nitrogens with one attached hydrogen (secondary N) is 1. The number of urea groups is 1. The minimum Gasteiger partial charge on any atom is -0.338 e. The van der Waals surface area contributed by atoms with E-state index < -0.39 is 0 Å². The first-order valence-corrected chi connectivity index (χ1v) is 6.95. The highest BCUT2D eigenvalue weighted by Crippen LogP contribution is 2.09. The molecule has 0 radical (unpaired) electrons. The Hall–Kier alpha value is -1.58. The number of aryl methyl sites for hydroxylation is 1. The fourth-order valence-corrected chi connectivity index (χ4v) is 1.96. The lowest BCUT2D eigenvalue weighted by Gasteiger charge is -2.19. The predicted octanol–water partition coefficient (Wildman–Crippen LogP) is 3.20. The number of hydrogen-bond donors (Lipinski definition) is 1. The van der Waals surface area contributed by atoms with Crippen LogP contribution in [0.25, 0.3) is 0 Å². The van der Waals surface area contributed by atoms with Crippen LogP contribution in [0.4, 0.5) is 9.18 Å². The summed E-state index contributed by atoms with van der Waals surface area (Å²) in [4.78, 5) is 13.4. The first-order chi connectivity index (χ1) is 9.19. The van der Waals surface area contributed by atoms with Crippen LogP contribution in [0, 0.1) is 5.82 Å². The van der Waals surface area contributed by atoms with Crippen LogP contribution >= 0.6 is 0 Å². The zero-order chi connectivity index (χ0) is 14.1. The molecule has 0 unspecified atom stereocenters. The molecule has 19 heavy (non-hydrogen) atoms. The van der Waals surface area contributed by atoms with Gasteiger partial charge in [0.25, 0.3) is 0 Å². The zero-order valence-corrected chi connectivity index (χ0v) is 11.8. The van der Waals surface area contributed by atoms with Crippen LogP contribution in [-0.2, 0) is 6.42 Å². The Kier molecular flexibility index (Phi) is 6.93. The van der Waals surface area contributed by atoms with Gasteiger partial charge in [-0.3, -0.25) is 0 Å². The normalized spacial score (nSPS) is 10.3. The molecule has 0 aromatic heterocycles. The Balaban J connectivity index is 2.18. The number of benzene rings is 1. The van der Waals surface area contributed by atoms with Crippen molar-refractivity contribution < 1.29 is 9.18 Å². The molecule has 0 aliphatic rings. The number of carbonyl (C=O) groups excluding carboxylic acids is 1. The molecule has 1 aromatic carbocycles. The van der Waals surface area contributed by atoms with Gasteiger partial charge in [0.15, 0.2) is 0 Å². The Labute approximate surface area is 114 Å². The molecular formula is C15H23FN2O. The maximum atomic E-state index is 13.3. The highest BCUT2D eigenvalue weighted by atomic mass is 19.1. The van der Waals surface area contributed by atoms with Gasteiger partial charge in [0.2, 0.25) is 0 Å². The van der Waals surface area contributed by atoms with Crippen molar-refractivity contribution in [2.45, 2.75) is 33.1 Å². The van der Waals surface area contributed by atoms with E-state index in [1.54, 1.807) is 11.0 Å². The van der Waals surface area contributed by atoms with Crippen LogP contribution in [0.1, 0.15) is 32.3 Å². The van der Waals surface area contributed by atoms with Crippen LogP contribution < -0.4 is 5.32 Å². The van der Waals surface area contributed by atoms with Crippen molar-refractivity contribution >= 4 is 6.03 Å². The number of nitrogens with zero attached hydrogens (tertiary/aromatic N) is 1. The largest absolute Gasteiger partial charge is 0.338 e. The number of hydrogen-bond acceptors (Lipinski definition) is 1. The topological polar surface area (TPSA) is 32.3 Å². The second-order valence-electron chi connectivity index (χ2n) is 4.45. The average molecular weight is 266 g/mol. The summed E-state index contributed by atoms with van der Waals surface area (Å²) in [7, 11) is 0. The smallest absolute Gasteiger partial charge is 0.317 e. The Morgan fingerprint density at radius 2 is 1.89 bits per heavy atom. The van der Waals surface area contributed by atoms with E-state index >= 15 is 0 Å². The van der Waals surface area contributed by atoms with Crippen molar-refractivity contribution in [3.8, 4) is 0 Å². The van der Waals surface area contributed by atoms with Crippen LogP contribution in [0.15, 0.2) is 24.3 Å². The molecule has 0 saturated heterocycles. The van der Waals surface area contributed by atoms with Gasteiger partial charge in [-0.25, -0.2) is 9.18 Å². The second-order valence-corrected chi connectivity index (χ2v) is 4.45.